The first-order valence-electron chi connectivity index (χ1n) is 7.14. The van der Waals surface area contributed by atoms with E-state index in [1.165, 1.54) is 0 Å². The summed E-state index contributed by atoms with van der Waals surface area (Å²) in [7, 11) is 0. The zero-order chi connectivity index (χ0) is 15.4. The number of benzene rings is 1. The SMILES string of the molecule is Cc1cc(C)cc(OCC(=O)N2CCC(CC(=O)O)C2)c1. The van der Waals surface area contributed by atoms with Crippen molar-refractivity contribution < 1.29 is 19.4 Å². The van der Waals surface area contributed by atoms with Crippen LogP contribution in [0.3, 0.4) is 0 Å². The molecule has 1 N–H and O–H groups in total. The average Bonchev–Trinajstić information content (AvgIpc) is 2.82. The molecule has 21 heavy (non-hydrogen) atoms. The number of hydrogen-bond acceptors (Lipinski definition) is 3. The molecule has 5 nitrogen and oxygen atoms in total. The third-order valence-electron chi connectivity index (χ3n) is 3.66. The summed E-state index contributed by atoms with van der Waals surface area (Å²) in [6.07, 6.45) is 0.878. The number of rotatable bonds is 5. The normalized spacial score (nSPS) is 17.8. The number of carboxylic acids is 1. The Bertz CT molecular complexity index is 521. The van der Waals surface area contributed by atoms with E-state index in [0.29, 0.717) is 18.8 Å². The molecule has 1 aliphatic rings. The molecule has 1 fully saturated rings. The highest BCUT2D eigenvalue weighted by atomic mass is 16.5. The Morgan fingerprint density at radius 3 is 2.57 bits per heavy atom. The molecule has 0 aromatic heterocycles. The molecule has 1 aromatic carbocycles. The van der Waals surface area contributed by atoms with Crippen molar-refractivity contribution >= 4 is 11.9 Å². The number of carbonyl (C=O) groups is 2. The summed E-state index contributed by atoms with van der Waals surface area (Å²) in [6, 6.07) is 5.85. The lowest BCUT2D eigenvalue weighted by atomic mass is 10.1. The van der Waals surface area contributed by atoms with Gasteiger partial charge in [-0.25, -0.2) is 0 Å². The monoisotopic (exact) mass is 291 g/mol. The second-order valence-corrected chi connectivity index (χ2v) is 5.70. The van der Waals surface area contributed by atoms with Gasteiger partial charge >= 0.3 is 5.97 Å². The third-order valence-corrected chi connectivity index (χ3v) is 3.66. The van der Waals surface area contributed by atoms with Gasteiger partial charge in [-0.2, -0.15) is 0 Å². The number of ether oxygens (including phenoxy) is 1. The van der Waals surface area contributed by atoms with E-state index in [2.05, 4.69) is 0 Å². The Hall–Kier alpha value is -2.04. The summed E-state index contributed by atoms with van der Waals surface area (Å²) >= 11 is 0. The number of aliphatic carboxylic acids is 1. The van der Waals surface area contributed by atoms with E-state index < -0.39 is 5.97 Å². The molecule has 0 aliphatic carbocycles. The maximum atomic E-state index is 12.1. The van der Waals surface area contributed by atoms with E-state index in [9.17, 15) is 9.59 Å². The maximum Gasteiger partial charge on any atom is 0.303 e. The lowest BCUT2D eigenvalue weighted by Crippen LogP contribution is -2.33. The van der Waals surface area contributed by atoms with Crippen LogP contribution in [0.4, 0.5) is 0 Å². The fourth-order valence-electron chi connectivity index (χ4n) is 2.73. The highest BCUT2D eigenvalue weighted by Crippen LogP contribution is 2.20. The van der Waals surface area contributed by atoms with Crippen molar-refractivity contribution in [1.82, 2.24) is 4.90 Å². The molecular weight excluding hydrogens is 270 g/mol. The summed E-state index contributed by atoms with van der Waals surface area (Å²) in [5.41, 5.74) is 2.19. The van der Waals surface area contributed by atoms with Crippen LogP contribution in [0.1, 0.15) is 24.0 Å². The van der Waals surface area contributed by atoms with Crippen LogP contribution in [0.2, 0.25) is 0 Å². The van der Waals surface area contributed by atoms with Gasteiger partial charge in [0.05, 0.1) is 0 Å². The topological polar surface area (TPSA) is 66.8 Å². The van der Waals surface area contributed by atoms with Crippen molar-refractivity contribution in [2.45, 2.75) is 26.7 Å². The lowest BCUT2D eigenvalue weighted by molar-refractivity contribution is -0.138. The van der Waals surface area contributed by atoms with Crippen molar-refractivity contribution in [2.24, 2.45) is 5.92 Å². The minimum atomic E-state index is -0.805. The maximum absolute atomic E-state index is 12.1. The van der Waals surface area contributed by atoms with Crippen molar-refractivity contribution in [2.75, 3.05) is 19.7 Å². The fourth-order valence-corrected chi connectivity index (χ4v) is 2.73. The molecule has 1 atom stereocenters. The average molecular weight is 291 g/mol. The van der Waals surface area contributed by atoms with Crippen molar-refractivity contribution in [3.8, 4) is 5.75 Å². The first-order valence-corrected chi connectivity index (χ1v) is 7.14. The molecule has 1 saturated heterocycles. The second-order valence-electron chi connectivity index (χ2n) is 5.70. The molecule has 0 radical (unpaired) electrons. The van der Waals surface area contributed by atoms with Gasteiger partial charge in [0.2, 0.25) is 0 Å². The van der Waals surface area contributed by atoms with Crippen molar-refractivity contribution in [1.29, 1.82) is 0 Å². The molecule has 0 bridgehead atoms. The van der Waals surface area contributed by atoms with Crippen LogP contribution >= 0.6 is 0 Å². The highest BCUT2D eigenvalue weighted by molar-refractivity contribution is 5.78. The minimum absolute atomic E-state index is 0.00266. The summed E-state index contributed by atoms with van der Waals surface area (Å²) in [5.74, 6) is -0.127. The summed E-state index contributed by atoms with van der Waals surface area (Å²) in [5, 5.41) is 8.77. The van der Waals surface area contributed by atoms with E-state index in [-0.39, 0.29) is 24.9 Å². The van der Waals surface area contributed by atoms with Crippen LogP contribution in [0.15, 0.2) is 18.2 Å². The van der Waals surface area contributed by atoms with E-state index in [4.69, 9.17) is 9.84 Å². The van der Waals surface area contributed by atoms with E-state index in [1.807, 2.05) is 32.0 Å². The van der Waals surface area contributed by atoms with Gasteiger partial charge in [-0.05, 0) is 49.4 Å². The molecule has 1 amide bonds. The lowest BCUT2D eigenvalue weighted by Gasteiger charge is -2.17. The number of carboxylic acid groups (broad SMARTS) is 1. The number of amides is 1. The predicted octanol–water partition coefficient (Wildman–Crippen LogP) is 2.01. The van der Waals surface area contributed by atoms with E-state index in [1.54, 1.807) is 4.90 Å². The third kappa shape index (κ3) is 4.48. The number of likely N-dealkylation sites (tertiary alicyclic amines) is 1. The van der Waals surface area contributed by atoms with Gasteiger partial charge in [-0.3, -0.25) is 9.59 Å². The molecule has 2 rings (SSSR count). The van der Waals surface area contributed by atoms with Gasteiger partial charge in [0, 0.05) is 19.5 Å². The molecule has 0 spiro atoms. The van der Waals surface area contributed by atoms with Crippen molar-refractivity contribution in [3.63, 3.8) is 0 Å². The van der Waals surface area contributed by atoms with Crippen LogP contribution in [0.25, 0.3) is 0 Å². The van der Waals surface area contributed by atoms with E-state index in [0.717, 1.165) is 17.5 Å². The molecule has 1 aromatic rings. The Morgan fingerprint density at radius 2 is 1.95 bits per heavy atom. The Kier molecular flexibility index (Phi) is 4.83. The molecule has 1 unspecified atom stereocenters. The van der Waals surface area contributed by atoms with Crippen LogP contribution < -0.4 is 4.74 Å². The number of nitrogens with zero attached hydrogens (tertiary/aromatic N) is 1. The number of aryl methyl sites for hydroxylation is 2. The zero-order valence-electron chi connectivity index (χ0n) is 12.5. The highest BCUT2D eigenvalue weighted by Gasteiger charge is 2.27. The minimum Gasteiger partial charge on any atom is -0.484 e. The molecular formula is C16H21NO4. The van der Waals surface area contributed by atoms with Gasteiger partial charge in [-0.15, -0.1) is 0 Å². The Morgan fingerprint density at radius 1 is 1.29 bits per heavy atom. The second kappa shape index (κ2) is 6.61. The standard InChI is InChI=1S/C16H21NO4/c1-11-5-12(2)7-14(6-11)21-10-15(18)17-4-3-13(9-17)8-16(19)20/h5-7,13H,3-4,8-10H2,1-2H3,(H,19,20). The van der Waals surface area contributed by atoms with Crippen LogP contribution in [-0.2, 0) is 9.59 Å². The van der Waals surface area contributed by atoms with Gasteiger partial charge in [0.1, 0.15) is 5.75 Å². The first-order chi connectivity index (χ1) is 9.94. The number of hydrogen-bond donors (Lipinski definition) is 1. The molecule has 5 heteroatoms. The van der Waals surface area contributed by atoms with Gasteiger partial charge in [0.25, 0.3) is 5.91 Å². The predicted molar refractivity (Wildman–Crippen MR) is 78.4 cm³/mol. The largest absolute Gasteiger partial charge is 0.484 e. The Labute approximate surface area is 124 Å². The summed E-state index contributed by atoms with van der Waals surface area (Å²) in [6.45, 7) is 5.11. The smallest absolute Gasteiger partial charge is 0.303 e. The van der Waals surface area contributed by atoms with Crippen molar-refractivity contribution in [3.05, 3.63) is 29.3 Å². The van der Waals surface area contributed by atoms with Gasteiger partial charge < -0.3 is 14.7 Å². The van der Waals surface area contributed by atoms with Gasteiger partial charge in [-0.1, -0.05) is 6.07 Å². The summed E-state index contributed by atoms with van der Waals surface area (Å²) in [4.78, 5) is 24.4. The van der Waals surface area contributed by atoms with E-state index >= 15 is 0 Å². The van der Waals surface area contributed by atoms with Crippen LogP contribution in [-0.4, -0.2) is 41.6 Å². The Balaban J connectivity index is 1.84. The molecule has 0 saturated carbocycles. The molecule has 1 aliphatic heterocycles. The first kappa shape index (κ1) is 15.4. The van der Waals surface area contributed by atoms with Crippen LogP contribution in [0.5, 0.6) is 5.75 Å². The quantitative estimate of drug-likeness (QED) is 0.901. The fraction of sp³-hybridized carbons (Fsp3) is 0.500. The zero-order valence-corrected chi connectivity index (χ0v) is 12.5. The molecule has 1 heterocycles. The molecule has 114 valence electrons. The van der Waals surface area contributed by atoms with Gasteiger partial charge in [0.15, 0.2) is 6.61 Å². The summed E-state index contributed by atoms with van der Waals surface area (Å²) < 4.78 is 5.55. The number of carbonyl (C=O) groups excluding carboxylic acids is 1. The van der Waals surface area contributed by atoms with Crippen LogP contribution in [0, 0.1) is 19.8 Å².